The normalized spacial score (nSPS) is 16.1. The Kier molecular flexibility index (Phi) is 4.59. The van der Waals surface area contributed by atoms with Gasteiger partial charge in [-0.15, -0.1) is 5.06 Å². The number of benzene rings is 2. The first-order valence-corrected chi connectivity index (χ1v) is 9.47. The van der Waals surface area contributed by atoms with E-state index >= 15 is 0 Å². The number of aryl methyl sites for hydroxylation is 3. The Balaban J connectivity index is 1.87. The SMILES string of the molecule is Cc1ccccc1[C@@H]1CCc2c(C(=O)ON(C)C)cc3c(nc(C)n3C)c2O1. The molecule has 0 saturated carbocycles. The average molecular weight is 379 g/mol. The lowest BCUT2D eigenvalue weighted by Gasteiger charge is -2.29. The summed E-state index contributed by atoms with van der Waals surface area (Å²) in [4.78, 5) is 22.8. The summed E-state index contributed by atoms with van der Waals surface area (Å²) in [5.41, 5.74) is 5.47. The van der Waals surface area contributed by atoms with E-state index in [0.717, 1.165) is 35.3 Å². The van der Waals surface area contributed by atoms with Gasteiger partial charge in [0.15, 0.2) is 5.75 Å². The Morgan fingerprint density at radius 2 is 2.04 bits per heavy atom. The Labute approximate surface area is 164 Å². The first kappa shape index (κ1) is 18.5. The predicted octanol–water partition coefficient (Wildman–Crippen LogP) is 3.89. The lowest BCUT2D eigenvalue weighted by molar-refractivity contribution is -0.0715. The molecule has 6 heteroatoms. The molecule has 0 aliphatic carbocycles. The monoisotopic (exact) mass is 379 g/mol. The number of imidazole rings is 1. The van der Waals surface area contributed by atoms with Crippen LogP contribution in [-0.2, 0) is 18.3 Å². The van der Waals surface area contributed by atoms with Crippen molar-refractivity contribution in [2.24, 2.45) is 7.05 Å². The largest absolute Gasteiger partial charge is 0.483 e. The van der Waals surface area contributed by atoms with E-state index in [1.165, 1.54) is 16.2 Å². The maximum Gasteiger partial charge on any atom is 0.357 e. The Bertz CT molecular complexity index is 1070. The van der Waals surface area contributed by atoms with Crippen molar-refractivity contribution < 1.29 is 14.4 Å². The van der Waals surface area contributed by atoms with Crippen LogP contribution in [0.1, 0.15) is 45.4 Å². The van der Waals surface area contributed by atoms with Crippen LogP contribution >= 0.6 is 0 Å². The molecule has 1 aliphatic heterocycles. The summed E-state index contributed by atoms with van der Waals surface area (Å²) < 4.78 is 8.45. The van der Waals surface area contributed by atoms with Crippen molar-refractivity contribution >= 4 is 17.0 Å². The second-order valence-corrected chi connectivity index (χ2v) is 7.51. The number of hydroxylamine groups is 2. The van der Waals surface area contributed by atoms with Crippen molar-refractivity contribution in [2.75, 3.05) is 14.1 Å². The predicted molar refractivity (Wildman–Crippen MR) is 107 cm³/mol. The van der Waals surface area contributed by atoms with Gasteiger partial charge in [-0.05, 0) is 43.9 Å². The van der Waals surface area contributed by atoms with Gasteiger partial charge in [0.05, 0.1) is 11.1 Å². The van der Waals surface area contributed by atoms with Crippen molar-refractivity contribution in [2.45, 2.75) is 32.8 Å². The standard InChI is InChI=1S/C22H25N3O3/c1-13-8-6-7-9-15(13)19-11-10-16-17(22(26)28-24(3)4)12-18-20(21(16)27-19)23-14(2)25(18)5/h6-9,12,19H,10-11H2,1-5H3/t19-/m0/s1. The van der Waals surface area contributed by atoms with Crippen molar-refractivity contribution in [3.8, 4) is 5.75 Å². The van der Waals surface area contributed by atoms with E-state index in [1.54, 1.807) is 14.1 Å². The van der Waals surface area contributed by atoms with E-state index < -0.39 is 0 Å². The van der Waals surface area contributed by atoms with Gasteiger partial charge in [0.25, 0.3) is 0 Å². The number of hydrogen-bond acceptors (Lipinski definition) is 5. The molecular formula is C22H25N3O3. The van der Waals surface area contributed by atoms with Crippen LogP contribution in [0.4, 0.5) is 0 Å². The topological polar surface area (TPSA) is 56.6 Å². The van der Waals surface area contributed by atoms with E-state index in [4.69, 9.17) is 14.6 Å². The number of aromatic nitrogens is 2. The Morgan fingerprint density at radius 3 is 2.75 bits per heavy atom. The molecule has 0 radical (unpaired) electrons. The molecule has 2 heterocycles. The smallest absolute Gasteiger partial charge is 0.357 e. The van der Waals surface area contributed by atoms with Gasteiger partial charge in [-0.2, -0.15) is 0 Å². The number of ether oxygens (including phenoxy) is 1. The molecule has 1 aromatic heterocycles. The van der Waals surface area contributed by atoms with Crippen LogP contribution in [0.25, 0.3) is 11.0 Å². The highest BCUT2D eigenvalue weighted by atomic mass is 16.7. The number of nitrogens with zero attached hydrogens (tertiary/aromatic N) is 3. The van der Waals surface area contributed by atoms with Gasteiger partial charge in [0.1, 0.15) is 17.4 Å². The van der Waals surface area contributed by atoms with Crippen LogP contribution in [0.5, 0.6) is 5.75 Å². The van der Waals surface area contributed by atoms with Gasteiger partial charge in [0, 0.05) is 26.7 Å². The second-order valence-electron chi connectivity index (χ2n) is 7.51. The fourth-order valence-electron chi connectivity index (χ4n) is 3.86. The molecule has 0 fully saturated rings. The molecule has 0 unspecified atom stereocenters. The van der Waals surface area contributed by atoms with Gasteiger partial charge in [0.2, 0.25) is 0 Å². The summed E-state index contributed by atoms with van der Waals surface area (Å²) >= 11 is 0. The zero-order chi connectivity index (χ0) is 20.0. The van der Waals surface area contributed by atoms with Crippen LogP contribution in [0.15, 0.2) is 30.3 Å². The summed E-state index contributed by atoms with van der Waals surface area (Å²) in [5, 5.41) is 1.41. The molecule has 2 aromatic carbocycles. The third-order valence-electron chi connectivity index (χ3n) is 5.40. The minimum absolute atomic E-state index is 0.0562. The molecule has 0 saturated heterocycles. The van der Waals surface area contributed by atoms with Crippen LogP contribution in [0.2, 0.25) is 0 Å². The first-order valence-electron chi connectivity index (χ1n) is 9.47. The first-order chi connectivity index (χ1) is 13.4. The highest BCUT2D eigenvalue weighted by molar-refractivity contribution is 5.98. The molecule has 3 aromatic rings. The van der Waals surface area contributed by atoms with Gasteiger partial charge < -0.3 is 14.1 Å². The van der Waals surface area contributed by atoms with E-state index in [0.29, 0.717) is 11.3 Å². The zero-order valence-corrected chi connectivity index (χ0v) is 16.9. The Morgan fingerprint density at radius 1 is 1.29 bits per heavy atom. The van der Waals surface area contributed by atoms with Gasteiger partial charge in [-0.1, -0.05) is 24.3 Å². The lowest BCUT2D eigenvalue weighted by Crippen LogP contribution is -2.23. The summed E-state index contributed by atoms with van der Waals surface area (Å²) in [6.45, 7) is 4.05. The quantitative estimate of drug-likeness (QED) is 0.646. The van der Waals surface area contributed by atoms with Crippen LogP contribution in [0.3, 0.4) is 0 Å². The third kappa shape index (κ3) is 3.03. The molecule has 146 valence electrons. The Hall–Kier alpha value is -2.86. The fourth-order valence-corrected chi connectivity index (χ4v) is 3.86. The average Bonchev–Trinajstić information content (AvgIpc) is 2.95. The molecule has 28 heavy (non-hydrogen) atoms. The van der Waals surface area contributed by atoms with E-state index in [2.05, 4.69) is 19.1 Å². The van der Waals surface area contributed by atoms with E-state index in [-0.39, 0.29) is 12.1 Å². The molecule has 1 aliphatic rings. The number of carbonyl (C=O) groups excluding carboxylic acids is 1. The van der Waals surface area contributed by atoms with Crippen molar-refractivity contribution in [3.63, 3.8) is 0 Å². The molecular weight excluding hydrogens is 354 g/mol. The maximum atomic E-state index is 12.7. The van der Waals surface area contributed by atoms with E-state index in [1.807, 2.05) is 36.7 Å². The third-order valence-corrected chi connectivity index (χ3v) is 5.40. The zero-order valence-electron chi connectivity index (χ0n) is 16.9. The summed E-state index contributed by atoms with van der Waals surface area (Å²) in [7, 11) is 5.34. The van der Waals surface area contributed by atoms with Gasteiger partial charge >= 0.3 is 5.97 Å². The highest BCUT2D eigenvalue weighted by Gasteiger charge is 2.30. The summed E-state index contributed by atoms with van der Waals surface area (Å²) in [6.07, 6.45) is 1.48. The fraction of sp³-hybridized carbons (Fsp3) is 0.364. The van der Waals surface area contributed by atoms with Crippen LogP contribution in [-0.4, -0.2) is 34.7 Å². The molecule has 0 amide bonds. The lowest BCUT2D eigenvalue weighted by atomic mass is 9.92. The maximum absolute atomic E-state index is 12.7. The minimum Gasteiger partial charge on any atom is -0.483 e. The highest BCUT2D eigenvalue weighted by Crippen LogP contribution is 2.42. The molecule has 1 atom stereocenters. The van der Waals surface area contributed by atoms with Gasteiger partial charge in [-0.25, -0.2) is 9.78 Å². The summed E-state index contributed by atoms with van der Waals surface area (Å²) in [6, 6.07) is 10.1. The molecule has 0 bridgehead atoms. The van der Waals surface area contributed by atoms with Gasteiger partial charge in [-0.3, -0.25) is 0 Å². The van der Waals surface area contributed by atoms with Crippen molar-refractivity contribution in [1.82, 2.24) is 14.6 Å². The molecule has 0 spiro atoms. The van der Waals surface area contributed by atoms with Crippen molar-refractivity contribution in [1.29, 1.82) is 0 Å². The molecule has 0 N–H and O–H groups in total. The second kappa shape index (κ2) is 6.95. The molecule has 4 rings (SSSR count). The van der Waals surface area contributed by atoms with Crippen LogP contribution in [0, 0.1) is 13.8 Å². The van der Waals surface area contributed by atoms with Crippen LogP contribution < -0.4 is 4.74 Å². The van der Waals surface area contributed by atoms with Crippen molar-refractivity contribution in [3.05, 3.63) is 58.4 Å². The molecule has 6 nitrogen and oxygen atoms in total. The number of rotatable bonds is 3. The number of carbonyl (C=O) groups is 1. The number of fused-ring (bicyclic) bond motifs is 3. The summed E-state index contributed by atoms with van der Waals surface area (Å²) in [5.74, 6) is 1.20. The number of hydrogen-bond donors (Lipinski definition) is 0. The minimum atomic E-state index is -0.375. The van der Waals surface area contributed by atoms with E-state index in [9.17, 15) is 4.79 Å².